The molecule has 0 radical (unpaired) electrons. The minimum absolute atomic E-state index is 0. The zero-order valence-electron chi connectivity index (χ0n) is 11.4. The second kappa shape index (κ2) is 5.87. The molecule has 1 aliphatic rings. The number of sulfonamides is 1. The zero-order valence-corrected chi connectivity index (χ0v) is 13.0. The summed E-state index contributed by atoms with van der Waals surface area (Å²) in [7, 11) is -3.13. The molecule has 1 aliphatic heterocycles. The topological polar surface area (TPSA) is 49.4 Å². The number of hydrogen-bond donors (Lipinski definition) is 1. The first-order chi connectivity index (χ1) is 7.12. The van der Waals surface area contributed by atoms with Crippen LogP contribution in [0.3, 0.4) is 0 Å². The van der Waals surface area contributed by atoms with Crippen molar-refractivity contribution in [3.05, 3.63) is 0 Å². The number of nitrogens with one attached hydrogen (secondary N) is 1. The van der Waals surface area contributed by atoms with Crippen LogP contribution in [-0.2, 0) is 10.0 Å². The van der Waals surface area contributed by atoms with Crippen molar-refractivity contribution in [2.75, 3.05) is 18.8 Å². The summed E-state index contributed by atoms with van der Waals surface area (Å²) in [4.78, 5) is 0. The molecule has 1 heterocycles. The minimum Gasteiger partial charge on any atom is -0.311 e. The van der Waals surface area contributed by atoms with Gasteiger partial charge in [0.1, 0.15) is 0 Å². The molecule has 0 aliphatic carbocycles. The first-order valence-corrected chi connectivity index (χ1v) is 7.46. The predicted octanol–water partition coefficient (Wildman–Crippen LogP) is 1.47. The van der Waals surface area contributed by atoms with Crippen LogP contribution in [0.25, 0.3) is 0 Å². The molecule has 1 N–H and O–H groups in total. The molecule has 0 amide bonds. The van der Waals surface area contributed by atoms with Crippen LogP contribution in [0.5, 0.6) is 0 Å². The first kappa shape index (κ1) is 17.2. The molecule has 0 spiro atoms. The molecule has 2 unspecified atom stereocenters. The number of rotatable bonds is 2. The number of nitrogens with zero attached hydrogens (tertiary/aromatic N) is 1. The quantitative estimate of drug-likeness (QED) is 0.835. The van der Waals surface area contributed by atoms with E-state index < -0.39 is 10.0 Å². The Hall–Kier alpha value is 0.160. The van der Waals surface area contributed by atoms with Crippen molar-refractivity contribution < 1.29 is 8.42 Å². The third-order valence-corrected chi connectivity index (χ3v) is 5.13. The molecule has 0 aromatic heterocycles. The Morgan fingerprint density at radius 1 is 1.29 bits per heavy atom. The van der Waals surface area contributed by atoms with Crippen LogP contribution in [0, 0.1) is 5.41 Å². The lowest BCUT2D eigenvalue weighted by molar-refractivity contribution is 0.241. The van der Waals surface area contributed by atoms with Crippen molar-refractivity contribution in [1.82, 2.24) is 9.62 Å². The lowest BCUT2D eigenvalue weighted by Crippen LogP contribution is -2.57. The van der Waals surface area contributed by atoms with Gasteiger partial charge in [0.15, 0.2) is 0 Å². The summed E-state index contributed by atoms with van der Waals surface area (Å²) in [6, 6.07) is 0.300. The van der Waals surface area contributed by atoms with Gasteiger partial charge in [0.25, 0.3) is 0 Å². The van der Waals surface area contributed by atoms with E-state index in [9.17, 15) is 8.42 Å². The molecule has 0 aromatic carbocycles. The monoisotopic (exact) mass is 284 g/mol. The average Bonchev–Trinajstić information content (AvgIpc) is 2.04. The highest BCUT2D eigenvalue weighted by molar-refractivity contribution is 7.89. The Labute approximate surface area is 112 Å². The Kier molecular flexibility index (Phi) is 5.92. The van der Waals surface area contributed by atoms with E-state index in [-0.39, 0.29) is 35.7 Å². The zero-order chi connectivity index (χ0) is 12.6. The van der Waals surface area contributed by atoms with Crippen LogP contribution in [0.1, 0.15) is 34.6 Å². The molecule has 1 saturated heterocycles. The van der Waals surface area contributed by atoms with Gasteiger partial charge in [-0.25, -0.2) is 8.42 Å². The molecule has 104 valence electrons. The lowest BCUT2D eigenvalue weighted by Gasteiger charge is -2.37. The van der Waals surface area contributed by atoms with Crippen molar-refractivity contribution >= 4 is 22.4 Å². The third-order valence-electron chi connectivity index (χ3n) is 2.68. The minimum atomic E-state index is -3.13. The molecule has 0 bridgehead atoms. The van der Waals surface area contributed by atoms with E-state index in [4.69, 9.17) is 0 Å². The average molecular weight is 285 g/mol. The van der Waals surface area contributed by atoms with Crippen LogP contribution in [0.2, 0.25) is 0 Å². The van der Waals surface area contributed by atoms with Gasteiger partial charge in [-0.3, -0.25) is 0 Å². The van der Waals surface area contributed by atoms with Gasteiger partial charge >= 0.3 is 0 Å². The third kappa shape index (κ3) is 5.12. The highest BCUT2D eigenvalue weighted by Crippen LogP contribution is 2.21. The fraction of sp³-hybridized carbons (Fsp3) is 1.00. The van der Waals surface area contributed by atoms with Gasteiger partial charge in [0.2, 0.25) is 10.0 Å². The van der Waals surface area contributed by atoms with Crippen LogP contribution >= 0.6 is 12.4 Å². The van der Waals surface area contributed by atoms with Gasteiger partial charge in [-0.1, -0.05) is 20.8 Å². The summed E-state index contributed by atoms with van der Waals surface area (Å²) in [6.07, 6.45) is 0. The number of piperazine rings is 1. The van der Waals surface area contributed by atoms with Crippen molar-refractivity contribution in [2.45, 2.75) is 46.7 Å². The highest BCUT2D eigenvalue weighted by Gasteiger charge is 2.34. The summed E-state index contributed by atoms with van der Waals surface area (Å²) >= 11 is 0. The van der Waals surface area contributed by atoms with E-state index in [0.29, 0.717) is 6.54 Å². The smallest absolute Gasteiger partial charge is 0.214 e. The largest absolute Gasteiger partial charge is 0.311 e. The van der Waals surface area contributed by atoms with Gasteiger partial charge in [0, 0.05) is 25.2 Å². The Morgan fingerprint density at radius 2 is 1.82 bits per heavy atom. The van der Waals surface area contributed by atoms with E-state index in [2.05, 4.69) is 5.32 Å². The highest BCUT2D eigenvalue weighted by atomic mass is 35.5. The van der Waals surface area contributed by atoms with E-state index in [1.807, 2.05) is 34.6 Å². The van der Waals surface area contributed by atoms with Gasteiger partial charge in [-0.15, -0.1) is 12.4 Å². The van der Waals surface area contributed by atoms with Crippen molar-refractivity contribution in [3.8, 4) is 0 Å². The molecule has 1 fully saturated rings. The number of halogens is 1. The molecule has 4 nitrogen and oxygen atoms in total. The van der Waals surface area contributed by atoms with E-state index in [0.717, 1.165) is 6.54 Å². The maximum absolute atomic E-state index is 12.3. The summed E-state index contributed by atoms with van der Waals surface area (Å²) in [5.41, 5.74) is -0.188. The molecular weight excluding hydrogens is 260 g/mol. The standard InChI is InChI=1S/C11H24N2O2S.ClH/c1-9-7-13(10(2)6-12-9)16(14,15)8-11(3,4)5;/h9-10,12H,6-8H2,1-5H3;1H. The first-order valence-electron chi connectivity index (χ1n) is 5.85. The summed E-state index contributed by atoms with van der Waals surface area (Å²) < 4.78 is 26.2. The van der Waals surface area contributed by atoms with Crippen molar-refractivity contribution in [3.63, 3.8) is 0 Å². The van der Waals surface area contributed by atoms with Gasteiger partial charge < -0.3 is 5.32 Å². The Morgan fingerprint density at radius 3 is 2.29 bits per heavy atom. The second-order valence-electron chi connectivity index (χ2n) is 6.04. The Balaban J connectivity index is 0.00000256. The summed E-state index contributed by atoms with van der Waals surface area (Å²) in [6.45, 7) is 11.2. The van der Waals surface area contributed by atoms with Crippen LogP contribution in [0.4, 0.5) is 0 Å². The number of hydrogen-bond acceptors (Lipinski definition) is 3. The molecule has 0 aromatic rings. The molecular formula is C11H25ClN2O2S. The fourth-order valence-corrected chi connectivity index (χ4v) is 4.34. The fourth-order valence-electron chi connectivity index (χ4n) is 2.01. The van der Waals surface area contributed by atoms with Gasteiger partial charge in [0.05, 0.1) is 5.75 Å². The second-order valence-corrected chi connectivity index (χ2v) is 7.97. The predicted molar refractivity (Wildman–Crippen MR) is 74.1 cm³/mol. The van der Waals surface area contributed by atoms with Crippen LogP contribution < -0.4 is 5.32 Å². The SMILES string of the molecule is CC1CN(S(=O)(=O)CC(C)(C)C)C(C)CN1.Cl. The van der Waals surface area contributed by atoms with Crippen molar-refractivity contribution in [2.24, 2.45) is 5.41 Å². The van der Waals surface area contributed by atoms with E-state index >= 15 is 0 Å². The maximum Gasteiger partial charge on any atom is 0.214 e. The van der Waals surface area contributed by atoms with Gasteiger partial charge in [-0.05, 0) is 19.3 Å². The molecule has 0 saturated carbocycles. The molecule has 17 heavy (non-hydrogen) atoms. The maximum atomic E-state index is 12.3. The molecule has 6 heteroatoms. The Bertz CT molecular complexity index is 338. The van der Waals surface area contributed by atoms with Gasteiger partial charge in [-0.2, -0.15) is 4.31 Å². The van der Waals surface area contributed by atoms with Crippen LogP contribution in [0.15, 0.2) is 0 Å². The van der Waals surface area contributed by atoms with Crippen molar-refractivity contribution in [1.29, 1.82) is 0 Å². The molecule has 2 atom stereocenters. The normalized spacial score (nSPS) is 27.6. The lowest BCUT2D eigenvalue weighted by atomic mass is 10.0. The van der Waals surface area contributed by atoms with E-state index in [1.54, 1.807) is 4.31 Å². The summed E-state index contributed by atoms with van der Waals surface area (Å²) in [5.74, 6) is 0.219. The van der Waals surface area contributed by atoms with E-state index in [1.165, 1.54) is 0 Å². The molecule has 1 rings (SSSR count). The summed E-state index contributed by atoms with van der Waals surface area (Å²) in [5, 5.41) is 3.29. The van der Waals surface area contributed by atoms with Crippen LogP contribution in [-0.4, -0.2) is 43.6 Å².